The lowest BCUT2D eigenvalue weighted by Crippen LogP contribution is -2.33. The number of hydrogen-bond acceptors (Lipinski definition) is 3. The summed E-state index contributed by atoms with van der Waals surface area (Å²) < 4.78 is 0. The second kappa shape index (κ2) is 8.15. The molecule has 2 aromatic carbocycles. The molecule has 0 spiro atoms. The van der Waals surface area contributed by atoms with Crippen molar-refractivity contribution in [3.63, 3.8) is 0 Å². The number of rotatable bonds is 6. The molecule has 0 aliphatic carbocycles. The number of benzene rings is 2. The highest BCUT2D eigenvalue weighted by molar-refractivity contribution is 5.98. The van der Waals surface area contributed by atoms with Crippen LogP contribution in [0.15, 0.2) is 48.5 Å². The lowest BCUT2D eigenvalue weighted by molar-refractivity contribution is -0.130. The molecule has 1 N–H and O–H groups in total. The van der Waals surface area contributed by atoms with Crippen LogP contribution in [0.3, 0.4) is 0 Å². The van der Waals surface area contributed by atoms with Gasteiger partial charge in [-0.2, -0.15) is 0 Å². The van der Waals surface area contributed by atoms with E-state index in [9.17, 15) is 14.7 Å². The van der Waals surface area contributed by atoms with Gasteiger partial charge in [0.15, 0.2) is 0 Å². The number of carbonyl (C=O) groups excluding carboxylic acids is 2. The fourth-order valence-corrected chi connectivity index (χ4v) is 4.30. The highest BCUT2D eigenvalue weighted by Crippen LogP contribution is 2.24. The van der Waals surface area contributed by atoms with Gasteiger partial charge >= 0.3 is 0 Å². The van der Waals surface area contributed by atoms with Crippen molar-refractivity contribution in [2.45, 2.75) is 32.4 Å². The number of carbonyl (C=O) groups is 2. The maximum atomic E-state index is 12.6. The summed E-state index contributed by atoms with van der Waals surface area (Å²) in [5, 5.41) is 9.28. The largest absolute Gasteiger partial charge is 0.392 e. The van der Waals surface area contributed by atoms with Crippen molar-refractivity contribution >= 4 is 11.8 Å². The van der Waals surface area contributed by atoms with Crippen LogP contribution in [0.4, 0.5) is 0 Å². The van der Waals surface area contributed by atoms with Gasteiger partial charge < -0.3 is 14.9 Å². The molecule has 5 heteroatoms. The first-order chi connectivity index (χ1) is 13.6. The van der Waals surface area contributed by atoms with E-state index in [1.807, 2.05) is 47.4 Å². The standard InChI is InChI=1S/C23H26N2O3/c26-16-19-5-3-4-17(13-19)12-18-8-10-24(14-18)22(27)9-11-25-15-20-6-1-2-7-21(20)23(25)28/h1-7,13,18,26H,8-12,14-16H2. The first-order valence-corrected chi connectivity index (χ1v) is 9.97. The third-order valence-corrected chi connectivity index (χ3v) is 5.83. The number of nitrogens with zero attached hydrogens (tertiary/aromatic N) is 2. The van der Waals surface area contributed by atoms with Gasteiger partial charge in [0.2, 0.25) is 5.91 Å². The summed E-state index contributed by atoms with van der Waals surface area (Å²) in [5.74, 6) is 0.623. The second-order valence-corrected chi connectivity index (χ2v) is 7.81. The maximum Gasteiger partial charge on any atom is 0.254 e. The molecule has 2 aromatic rings. The van der Waals surface area contributed by atoms with Gasteiger partial charge in [-0.1, -0.05) is 42.5 Å². The summed E-state index contributed by atoms with van der Waals surface area (Å²) in [5.41, 5.74) is 3.96. The average molecular weight is 378 g/mol. The molecule has 4 rings (SSSR count). The van der Waals surface area contributed by atoms with E-state index in [0.29, 0.717) is 25.4 Å². The first-order valence-electron chi connectivity index (χ1n) is 9.97. The van der Waals surface area contributed by atoms with Crippen molar-refractivity contribution in [3.8, 4) is 0 Å². The van der Waals surface area contributed by atoms with Gasteiger partial charge in [0.25, 0.3) is 5.91 Å². The highest BCUT2D eigenvalue weighted by Gasteiger charge is 2.29. The van der Waals surface area contributed by atoms with Gasteiger partial charge in [-0.25, -0.2) is 0 Å². The van der Waals surface area contributed by atoms with Crippen molar-refractivity contribution in [3.05, 3.63) is 70.8 Å². The minimum Gasteiger partial charge on any atom is -0.392 e. The molecule has 0 radical (unpaired) electrons. The van der Waals surface area contributed by atoms with Crippen LogP contribution in [0.1, 0.15) is 39.9 Å². The van der Waals surface area contributed by atoms with Crippen LogP contribution < -0.4 is 0 Å². The minimum absolute atomic E-state index is 0.0338. The van der Waals surface area contributed by atoms with Crippen molar-refractivity contribution in [1.29, 1.82) is 0 Å². The van der Waals surface area contributed by atoms with Gasteiger partial charge in [-0.05, 0) is 41.5 Å². The van der Waals surface area contributed by atoms with Gasteiger partial charge in [-0.3, -0.25) is 9.59 Å². The van der Waals surface area contributed by atoms with E-state index >= 15 is 0 Å². The number of fused-ring (bicyclic) bond motifs is 1. The minimum atomic E-state index is 0.0338. The van der Waals surface area contributed by atoms with Crippen LogP contribution >= 0.6 is 0 Å². The lowest BCUT2D eigenvalue weighted by atomic mass is 9.97. The molecule has 1 fully saturated rings. The molecule has 2 amide bonds. The zero-order chi connectivity index (χ0) is 19.5. The van der Waals surface area contributed by atoms with E-state index < -0.39 is 0 Å². The molecule has 28 heavy (non-hydrogen) atoms. The molecule has 2 aliphatic heterocycles. The maximum absolute atomic E-state index is 12.6. The van der Waals surface area contributed by atoms with E-state index in [0.717, 1.165) is 42.6 Å². The molecule has 2 heterocycles. The van der Waals surface area contributed by atoms with Crippen LogP contribution in [0.5, 0.6) is 0 Å². The number of aliphatic hydroxyl groups excluding tert-OH is 1. The SMILES string of the molecule is O=C(CCN1Cc2ccccc2C1=O)N1CCC(Cc2cccc(CO)c2)C1. The first kappa shape index (κ1) is 18.7. The summed E-state index contributed by atoms with van der Waals surface area (Å²) >= 11 is 0. The molecule has 1 atom stereocenters. The topological polar surface area (TPSA) is 60.9 Å². The molecule has 0 bridgehead atoms. The fourth-order valence-electron chi connectivity index (χ4n) is 4.30. The monoisotopic (exact) mass is 378 g/mol. The molecule has 1 saturated heterocycles. The summed E-state index contributed by atoms with van der Waals surface area (Å²) in [6.07, 6.45) is 2.31. The van der Waals surface area contributed by atoms with E-state index in [2.05, 4.69) is 6.07 Å². The van der Waals surface area contributed by atoms with Crippen LogP contribution in [0, 0.1) is 5.92 Å². The third-order valence-electron chi connectivity index (χ3n) is 5.83. The Labute approximate surface area is 165 Å². The summed E-state index contributed by atoms with van der Waals surface area (Å²) in [4.78, 5) is 28.8. The smallest absolute Gasteiger partial charge is 0.254 e. The number of aliphatic hydroxyl groups is 1. The Kier molecular flexibility index (Phi) is 5.44. The Morgan fingerprint density at radius 1 is 1.11 bits per heavy atom. The van der Waals surface area contributed by atoms with Crippen LogP contribution in [-0.2, 0) is 24.4 Å². The lowest BCUT2D eigenvalue weighted by Gasteiger charge is -2.20. The van der Waals surface area contributed by atoms with E-state index in [-0.39, 0.29) is 18.4 Å². The summed E-state index contributed by atoms with van der Waals surface area (Å²) in [7, 11) is 0. The van der Waals surface area contributed by atoms with Gasteiger partial charge in [0.1, 0.15) is 0 Å². The molecule has 2 aliphatic rings. The number of hydrogen-bond donors (Lipinski definition) is 1. The fraction of sp³-hybridized carbons (Fsp3) is 0.391. The van der Waals surface area contributed by atoms with Crippen molar-refractivity contribution in [1.82, 2.24) is 9.80 Å². The van der Waals surface area contributed by atoms with E-state index in [1.165, 1.54) is 5.56 Å². The predicted octanol–water partition coefficient (Wildman–Crippen LogP) is 2.62. The Morgan fingerprint density at radius 2 is 1.93 bits per heavy atom. The Hall–Kier alpha value is -2.66. The van der Waals surface area contributed by atoms with Crippen LogP contribution in [-0.4, -0.2) is 46.4 Å². The molecule has 0 aromatic heterocycles. The van der Waals surface area contributed by atoms with E-state index in [4.69, 9.17) is 0 Å². The highest BCUT2D eigenvalue weighted by atomic mass is 16.3. The van der Waals surface area contributed by atoms with Crippen molar-refractivity contribution < 1.29 is 14.7 Å². The molecule has 1 unspecified atom stereocenters. The number of likely N-dealkylation sites (tertiary alicyclic amines) is 1. The molecule has 5 nitrogen and oxygen atoms in total. The zero-order valence-corrected chi connectivity index (χ0v) is 16.0. The summed E-state index contributed by atoms with van der Waals surface area (Å²) in [6.45, 7) is 2.70. The quantitative estimate of drug-likeness (QED) is 0.841. The molecular formula is C23H26N2O3. The normalized spacial score (nSPS) is 18.6. The zero-order valence-electron chi connectivity index (χ0n) is 16.0. The van der Waals surface area contributed by atoms with Gasteiger partial charge in [0, 0.05) is 38.2 Å². The molecule has 0 saturated carbocycles. The Bertz CT molecular complexity index is 880. The van der Waals surface area contributed by atoms with Gasteiger partial charge in [0.05, 0.1) is 6.61 Å². The number of amides is 2. The molecule has 146 valence electrons. The Morgan fingerprint density at radius 3 is 2.75 bits per heavy atom. The summed E-state index contributed by atoms with van der Waals surface area (Å²) in [6, 6.07) is 15.7. The second-order valence-electron chi connectivity index (χ2n) is 7.81. The van der Waals surface area contributed by atoms with Crippen LogP contribution in [0.25, 0.3) is 0 Å². The van der Waals surface area contributed by atoms with Gasteiger partial charge in [-0.15, -0.1) is 0 Å². The average Bonchev–Trinajstić information content (AvgIpc) is 3.31. The van der Waals surface area contributed by atoms with Crippen molar-refractivity contribution in [2.24, 2.45) is 5.92 Å². The van der Waals surface area contributed by atoms with Crippen molar-refractivity contribution in [2.75, 3.05) is 19.6 Å². The van der Waals surface area contributed by atoms with E-state index in [1.54, 1.807) is 4.90 Å². The Balaban J connectivity index is 1.27. The predicted molar refractivity (Wildman–Crippen MR) is 107 cm³/mol. The molecular weight excluding hydrogens is 352 g/mol. The third kappa shape index (κ3) is 3.94. The van der Waals surface area contributed by atoms with Crippen LogP contribution in [0.2, 0.25) is 0 Å².